The van der Waals surface area contributed by atoms with Gasteiger partial charge in [0.2, 0.25) is 0 Å². The van der Waals surface area contributed by atoms with Crippen molar-refractivity contribution in [2.24, 2.45) is 0 Å². The molecular weight excluding hydrogens is 322 g/mol. The first-order chi connectivity index (χ1) is 10.5. The highest BCUT2D eigenvalue weighted by Gasteiger charge is 2.11. The molecule has 112 valence electrons. The average Bonchev–Trinajstić information content (AvgIpc) is 3.03. The number of carboxylic acid groups (broad SMARTS) is 1. The number of carboxylic acids is 1. The maximum Gasteiger partial charge on any atom is 0.309 e. The van der Waals surface area contributed by atoms with Gasteiger partial charge in [-0.05, 0) is 19.1 Å². The fraction of sp³-hybridized carbons (Fsp3) is 0.143. The Hall–Kier alpha value is -2.32. The van der Waals surface area contributed by atoms with Gasteiger partial charge in [0.15, 0.2) is 4.96 Å². The van der Waals surface area contributed by atoms with Crippen LogP contribution in [0.5, 0.6) is 0 Å². The van der Waals surface area contributed by atoms with Gasteiger partial charge < -0.3 is 5.11 Å². The SMILES string of the molecule is Cc1ncc(C=Cc2cc(=O)n3c(CC(=O)O)csc3n2)s1. The van der Waals surface area contributed by atoms with Crippen molar-refractivity contribution in [2.45, 2.75) is 13.3 Å². The molecule has 0 bridgehead atoms. The molecule has 0 aromatic carbocycles. The van der Waals surface area contributed by atoms with Gasteiger partial charge in [0.05, 0.1) is 17.1 Å². The minimum atomic E-state index is -0.976. The summed E-state index contributed by atoms with van der Waals surface area (Å²) in [6, 6.07) is 1.40. The number of hydrogen-bond acceptors (Lipinski definition) is 6. The molecule has 0 atom stereocenters. The highest BCUT2D eigenvalue weighted by Crippen LogP contribution is 2.16. The smallest absolute Gasteiger partial charge is 0.309 e. The van der Waals surface area contributed by atoms with Crippen molar-refractivity contribution in [3.05, 3.63) is 49.3 Å². The van der Waals surface area contributed by atoms with Gasteiger partial charge >= 0.3 is 5.97 Å². The molecule has 0 radical (unpaired) electrons. The molecule has 1 N–H and O–H groups in total. The third-order valence-electron chi connectivity index (χ3n) is 2.89. The number of rotatable bonds is 4. The summed E-state index contributed by atoms with van der Waals surface area (Å²) in [7, 11) is 0. The van der Waals surface area contributed by atoms with Crippen LogP contribution in [0.1, 0.15) is 21.3 Å². The molecule has 0 aliphatic rings. The van der Waals surface area contributed by atoms with Crippen LogP contribution in [-0.2, 0) is 11.2 Å². The first-order valence-corrected chi connectivity index (χ1v) is 8.05. The van der Waals surface area contributed by atoms with Crippen LogP contribution in [0.3, 0.4) is 0 Å². The molecule has 3 aromatic rings. The summed E-state index contributed by atoms with van der Waals surface area (Å²) in [5.74, 6) is -0.976. The third-order valence-corrected chi connectivity index (χ3v) is 4.64. The molecule has 0 saturated heterocycles. The van der Waals surface area contributed by atoms with Crippen LogP contribution >= 0.6 is 22.7 Å². The van der Waals surface area contributed by atoms with Gasteiger partial charge in [-0.3, -0.25) is 14.0 Å². The zero-order chi connectivity index (χ0) is 15.7. The zero-order valence-corrected chi connectivity index (χ0v) is 13.1. The van der Waals surface area contributed by atoms with Gasteiger partial charge in [-0.15, -0.1) is 22.7 Å². The van der Waals surface area contributed by atoms with Crippen LogP contribution in [0.15, 0.2) is 22.4 Å². The normalized spacial score (nSPS) is 11.5. The number of carbonyl (C=O) groups is 1. The highest BCUT2D eigenvalue weighted by atomic mass is 32.1. The van der Waals surface area contributed by atoms with Crippen LogP contribution in [0.25, 0.3) is 17.1 Å². The van der Waals surface area contributed by atoms with Crippen molar-refractivity contribution in [1.82, 2.24) is 14.4 Å². The Morgan fingerprint density at radius 1 is 1.45 bits per heavy atom. The van der Waals surface area contributed by atoms with E-state index in [4.69, 9.17) is 5.11 Å². The van der Waals surface area contributed by atoms with E-state index in [1.165, 1.54) is 21.8 Å². The molecule has 22 heavy (non-hydrogen) atoms. The number of aromatic nitrogens is 3. The molecule has 3 rings (SSSR count). The van der Waals surface area contributed by atoms with E-state index in [1.54, 1.807) is 29.0 Å². The molecule has 6 nitrogen and oxygen atoms in total. The van der Waals surface area contributed by atoms with E-state index in [1.807, 2.05) is 13.0 Å². The first-order valence-electron chi connectivity index (χ1n) is 6.35. The summed E-state index contributed by atoms with van der Waals surface area (Å²) in [6.07, 6.45) is 5.18. The lowest BCUT2D eigenvalue weighted by Crippen LogP contribution is -2.17. The first kappa shape index (κ1) is 14.6. The Bertz CT molecular complexity index is 936. The van der Waals surface area contributed by atoms with E-state index in [0.717, 1.165) is 9.88 Å². The van der Waals surface area contributed by atoms with E-state index in [9.17, 15) is 9.59 Å². The number of fused-ring (bicyclic) bond motifs is 1. The molecular formula is C14H11N3O3S2. The fourth-order valence-electron chi connectivity index (χ4n) is 1.98. The monoisotopic (exact) mass is 333 g/mol. The minimum absolute atomic E-state index is 0.198. The number of aliphatic carboxylic acids is 1. The van der Waals surface area contributed by atoms with Crippen molar-refractivity contribution in [1.29, 1.82) is 0 Å². The van der Waals surface area contributed by atoms with Crippen molar-refractivity contribution in [3.63, 3.8) is 0 Å². The summed E-state index contributed by atoms with van der Waals surface area (Å²) >= 11 is 2.81. The largest absolute Gasteiger partial charge is 0.481 e. The van der Waals surface area contributed by atoms with E-state index in [0.29, 0.717) is 16.3 Å². The Morgan fingerprint density at radius 2 is 2.27 bits per heavy atom. The lowest BCUT2D eigenvalue weighted by Gasteiger charge is -1.98. The molecule has 3 aromatic heterocycles. The standard InChI is InChI=1S/C14H11N3O3S2/c1-8-15-6-11(22-8)3-2-9-4-12(18)17-10(5-13(19)20)7-21-14(17)16-9/h2-4,6-7H,5H2,1H3,(H,19,20). The molecule has 0 aliphatic carbocycles. The number of aryl methyl sites for hydroxylation is 1. The minimum Gasteiger partial charge on any atom is -0.481 e. The Labute approximate surface area is 133 Å². The quantitative estimate of drug-likeness (QED) is 0.792. The molecule has 3 heterocycles. The van der Waals surface area contributed by atoms with Crippen molar-refractivity contribution >= 4 is 45.8 Å². The van der Waals surface area contributed by atoms with Crippen molar-refractivity contribution in [3.8, 4) is 0 Å². The van der Waals surface area contributed by atoms with Gasteiger partial charge in [0, 0.05) is 28.2 Å². The van der Waals surface area contributed by atoms with Crippen LogP contribution in [0, 0.1) is 6.92 Å². The molecule has 0 amide bonds. The number of thiazole rings is 2. The molecule has 0 aliphatic heterocycles. The molecule has 0 saturated carbocycles. The topological polar surface area (TPSA) is 84.6 Å². The lowest BCUT2D eigenvalue weighted by molar-refractivity contribution is -0.136. The predicted molar refractivity (Wildman–Crippen MR) is 86.5 cm³/mol. The maximum absolute atomic E-state index is 12.2. The average molecular weight is 333 g/mol. The second-order valence-electron chi connectivity index (χ2n) is 4.55. The summed E-state index contributed by atoms with van der Waals surface area (Å²) in [5, 5.41) is 11.5. The van der Waals surface area contributed by atoms with Gasteiger partial charge in [-0.25, -0.2) is 9.97 Å². The van der Waals surface area contributed by atoms with E-state index in [2.05, 4.69) is 9.97 Å². The maximum atomic E-state index is 12.2. The van der Waals surface area contributed by atoms with E-state index in [-0.39, 0.29) is 12.0 Å². The third kappa shape index (κ3) is 2.97. The van der Waals surface area contributed by atoms with Gasteiger partial charge in [0.1, 0.15) is 0 Å². The van der Waals surface area contributed by atoms with Crippen LogP contribution in [0.2, 0.25) is 0 Å². The summed E-state index contributed by atoms with van der Waals surface area (Å²) in [5.41, 5.74) is 0.709. The van der Waals surface area contributed by atoms with Gasteiger partial charge in [-0.1, -0.05) is 0 Å². The molecule has 0 unspecified atom stereocenters. The number of hydrogen-bond donors (Lipinski definition) is 1. The fourth-order valence-corrected chi connectivity index (χ4v) is 3.57. The van der Waals surface area contributed by atoms with E-state index >= 15 is 0 Å². The molecule has 0 fully saturated rings. The molecule has 8 heteroatoms. The lowest BCUT2D eigenvalue weighted by atomic mass is 10.3. The van der Waals surface area contributed by atoms with E-state index < -0.39 is 5.97 Å². The van der Waals surface area contributed by atoms with Crippen molar-refractivity contribution in [2.75, 3.05) is 0 Å². The van der Waals surface area contributed by atoms with Crippen LogP contribution < -0.4 is 5.56 Å². The van der Waals surface area contributed by atoms with Crippen LogP contribution in [-0.4, -0.2) is 25.4 Å². The second-order valence-corrected chi connectivity index (χ2v) is 6.65. The summed E-state index contributed by atoms with van der Waals surface area (Å²) in [4.78, 5) is 33.0. The van der Waals surface area contributed by atoms with Crippen molar-refractivity contribution < 1.29 is 9.90 Å². The van der Waals surface area contributed by atoms with Crippen LogP contribution in [0.4, 0.5) is 0 Å². The highest BCUT2D eigenvalue weighted by molar-refractivity contribution is 7.15. The number of nitrogens with zero attached hydrogens (tertiary/aromatic N) is 3. The van der Waals surface area contributed by atoms with Gasteiger partial charge in [-0.2, -0.15) is 0 Å². The van der Waals surface area contributed by atoms with Gasteiger partial charge in [0.25, 0.3) is 5.56 Å². The summed E-state index contributed by atoms with van der Waals surface area (Å²) in [6.45, 7) is 1.92. The Kier molecular flexibility index (Phi) is 3.86. The summed E-state index contributed by atoms with van der Waals surface area (Å²) < 4.78 is 1.34. The Balaban J connectivity index is 1.98. The zero-order valence-electron chi connectivity index (χ0n) is 11.5. The molecule has 0 spiro atoms. The Morgan fingerprint density at radius 3 is 2.95 bits per heavy atom. The predicted octanol–water partition coefficient (Wildman–Crippen LogP) is 2.32. The second kappa shape index (κ2) is 5.82.